The van der Waals surface area contributed by atoms with E-state index in [1.165, 1.54) is 37.4 Å². The smallest absolute Gasteiger partial charge is 0.271 e. The normalized spacial score (nSPS) is 14.5. The molecule has 1 aliphatic rings. The van der Waals surface area contributed by atoms with Gasteiger partial charge in [-0.2, -0.15) is 0 Å². The van der Waals surface area contributed by atoms with Gasteiger partial charge in [0.2, 0.25) is 10.0 Å². The van der Waals surface area contributed by atoms with Crippen molar-refractivity contribution < 1.29 is 26.5 Å². The van der Waals surface area contributed by atoms with Crippen molar-refractivity contribution in [2.24, 2.45) is 0 Å². The molecule has 0 amide bonds. The Labute approximate surface area is 161 Å². The number of anilines is 1. The van der Waals surface area contributed by atoms with E-state index in [2.05, 4.69) is 9.44 Å². The molecule has 12 heteroatoms. The lowest BCUT2D eigenvalue weighted by atomic mass is 10.3. The number of nitrogens with zero attached hydrogens (tertiary/aromatic N) is 1. The SMILES string of the molecule is COc1ccc([N+](=O)[O-])cc1S(=O)(=O)Nc1cccc(S(=O)(=O)NC2CC2)c1. The molecule has 1 saturated carbocycles. The second kappa shape index (κ2) is 7.37. The first-order chi connectivity index (χ1) is 13.1. The predicted octanol–water partition coefficient (Wildman–Crippen LogP) is 1.84. The van der Waals surface area contributed by atoms with E-state index in [0.717, 1.165) is 25.0 Å². The molecule has 0 spiro atoms. The van der Waals surface area contributed by atoms with Crippen LogP contribution in [0.2, 0.25) is 0 Å². The summed E-state index contributed by atoms with van der Waals surface area (Å²) in [7, 11) is -6.82. The number of hydrogen-bond acceptors (Lipinski definition) is 7. The van der Waals surface area contributed by atoms with Gasteiger partial charge in [-0.1, -0.05) is 6.07 Å². The van der Waals surface area contributed by atoms with Crippen LogP contribution >= 0.6 is 0 Å². The minimum absolute atomic E-state index is 0.00719. The molecule has 0 bridgehead atoms. The molecule has 0 unspecified atom stereocenters. The fourth-order valence-electron chi connectivity index (χ4n) is 2.41. The van der Waals surface area contributed by atoms with Crippen LogP contribution < -0.4 is 14.2 Å². The third-order valence-electron chi connectivity index (χ3n) is 3.94. The van der Waals surface area contributed by atoms with Gasteiger partial charge in [0, 0.05) is 18.2 Å². The lowest BCUT2D eigenvalue weighted by Gasteiger charge is -2.12. The number of benzene rings is 2. The summed E-state index contributed by atoms with van der Waals surface area (Å²) in [5.41, 5.74) is -0.432. The van der Waals surface area contributed by atoms with Crippen LogP contribution in [0.1, 0.15) is 12.8 Å². The molecule has 150 valence electrons. The van der Waals surface area contributed by atoms with Crippen molar-refractivity contribution in [2.45, 2.75) is 28.7 Å². The summed E-state index contributed by atoms with van der Waals surface area (Å²) in [4.78, 5) is 9.71. The Bertz CT molecular complexity index is 1130. The number of hydrogen-bond donors (Lipinski definition) is 2. The monoisotopic (exact) mass is 427 g/mol. The van der Waals surface area contributed by atoms with E-state index < -0.39 is 35.6 Å². The lowest BCUT2D eigenvalue weighted by Crippen LogP contribution is -2.25. The number of non-ortho nitro benzene ring substituents is 1. The molecule has 2 aromatic rings. The van der Waals surface area contributed by atoms with Crippen LogP contribution in [0, 0.1) is 10.1 Å². The van der Waals surface area contributed by atoms with E-state index >= 15 is 0 Å². The Hall–Kier alpha value is -2.70. The zero-order valence-electron chi connectivity index (χ0n) is 14.7. The van der Waals surface area contributed by atoms with Crippen molar-refractivity contribution in [1.82, 2.24) is 4.72 Å². The van der Waals surface area contributed by atoms with E-state index in [0.29, 0.717) is 0 Å². The molecular formula is C16H17N3O7S2. The summed E-state index contributed by atoms with van der Waals surface area (Å²) in [5.74, 6) is -0.0859. The Morgan fingerprint density at radius 1 is 1.07 bits per heavy atom. The van der Waals surface area contributed by atoms with Crippen molar-refractivity contribution in [1.29, 1.82) is 0 Å². The van der Waals surface area contributed by atoms with E-state index in [1.54, 1.807) is 0 Å². The number of nitro benzene ring substituents is 1. The van der Waals surface area contributed by atoms with Crippen molar-refractivity contribution in [3.63, 3.8) is 0 Å². The highest BCUT2D eigenvalue weighted by Crippen LogP contribution is 2.30. The number of sulfonamides is 2. The van der Waals surface area contributed by atoms with Gasteiger partial charge >= 0.3 is 0 Å². The second-order valence-corrected chi connectivity index (χ2v) is 9.49. The van der Waals surface area contributed by atoms with Crippen LogP contribution in [0.5, 0.6) is 5.75 Å². The molecular weight excluding hydrogens is 410 g/mol. The van der Waals surface area contributed by atoms with Crippen molar-refractivity contribution >= 4 is 31.4 Å². The van der Waals surface area contributed by atoms with Gasteiger partial charge < -0.3 is 4.74 Å². The van der Waals surface area contributed by atoms with Crippen LogP contribution in [0.25, 0.3) is 0 Å². The number of rotatable bonds is 8. The van der Waals surface area contributed by atoms with E-state index in [4.69, 9.17) is 4.74 Å². The first-order valence-corrected chi connectivity index (χ1v) is 11.1. The zero-order chi connectivity index (χ0) is 20.5. The van der Waals surface area contributed by atoms with Gasteiger partial charge in [0.15, 0.2) is 0 Å². The van der Waals surface area contributed by atoms with E-state index in [-0.39, 0.29) is 22.4 Å². The van der Waals surface area contributed by atoms with Crippen LogP contribution in [0.3, 0.4) is 0 Å². The third kappa shape index (κ3) is 4.40. The van der Waals surface area contributed by atoms with Crippen LogP contribution in [0.4, 0.5) is 11.4 Å². The first-order valence-electron chi connectivity index (χ1n) is 8.10. The maximum Gasteiger partial charge on any atom is 0.271 e. The summed E-state index contributed by atoms with van der Waals surface area (Å²) in [5, 5.41) is 11.0. The van der Waals surface area contributed by atoms with Gasteiger partial charge in [-0.05, 0) is 37.1 Å². The maximum absolute atomic E-state index is 12.7. The van der Waals surface area contributed by atoms with Crippen LogP contribution in [0.15, 0.2) is 52.3 Å². The topological polar surface area (TPSA) is 145 Å². The summed E-state index contributed by atoms with van der Waals surface area (Å²) >= 11 is 0. The standard InChI is InChI=1S/C16H17N3O7S2/c1-26-15-8-7-13(19(20)21)10-16(15)28(24,25)18-12-3-2-4-14(9-12)27(22,23)17-11-5-6-11/h2-4,7-11,17-18H,5-6H2,1H3. The van der Waals surface area contributed by atoms with Crippen LogP contribution in [-0.2, 0) is 20.0 Å². The van der Waals surface area contributed by atoms with Crippen molar-refractivity contribution in [3.8, 4) is 5.75 Å². The molecule has 2 aromatic carbocycles. The van der Waals surface area contributed by atoms with Gasteiger partial charge in [-0.3, -0.25) is 14.8 Å². The average Bonchev–Trinajstić information content (AvgIpc) is 3.44. The molecule has 0 radical (unpaired) electrons. The van der Waals surface area contributed by atoms with E-state index in [1.807, 2.05) is 0 Å². The number of ether oxygens (including phenoxy) is 1. The van der Waals surface area contributed by atoms with Crippen molar-refractivity contribution in [2.75, 3.05) is 11.8 Å². The highest BCUT2D eigenvalue weighted by Gasteiger charge is 2.28. The second-order valence-electron chi connectivity index (χ2n) is 6.12. The predicted molar refractivity (Wildman–Crippen MR) is 100 cm³/mol. The zero-order valence-corrected chi connectivity index (χ0v) is 16.3. The van der Waals surface area contributed by atoms with E-state index in [9.17, 15) is 26.9 Å². The third-order valence-corrected chi connectivity index (χ3v) is 6.86. The molecule has 0 aromatic heterocycles. The summed E-state index contributed by atoms with van der Waals surface area (Å²) in [6.07, 6.45) is 1.52. The quantitative estimate of drug-likeness (QED) is 0.483. The molecule has 3 rings (SSSR count). The van der Waals surface area contributed by atoms with Gasteiger partial charge in [-0.15, -0.1) is 0 Å². The minimum atomic E-state index is -4.28. The molecule has 0 saturated heterocycles. The summed E-state index contributed by atoms with van der Waals surface area (Å²) in [6.45, 7) is 0. The molecule has 10 nitrogen and oxygen atoms in total. The molecule has 0 aliphatic heterocycles. The Balaban J connectivity index is 1.94. The van der Waals surface area contributed by atoms with Crippen molar-refractivity contribution in [3.05, 3.63) is 52.6 Å². The summed E-state index contributed by atoms with van der Waals surface area (Å²) < 4.78 is 59.8. The molecule has 2 N–H and O–H groups in total. The fraction of sp³-hybridized carbons (Fsp3) is 0.250. The lowest BCUT2D eigenvalue weighted by molar-refractivity contribution is -0.385. The Morgan fingerprint density at radius 3 is 2.39 bits per heavy atom. The largest absolute Gasteiger partial charge is 0.495 e. The fourth-order valence-corrected chi connectivity index (χ4v) is 5.00. The highest BCUT2D eigenvalue weighted by atomic mass is 32.2. The maximum atomic E-state index is 12.7. The Morgan fingerprint density at radius 2 is 1.79 bits per heavy atom. The van der Waals surface area contributed by atoms with Gasteiger partial charge in [0.25, 0.3) is 15.7 Å². The van der Waals surface area contributed by atoms with Crippen LogP contribution in [-0.4, -0.2) is 34.9 Å². The molecule has 1 aliphatic carbocycles. The Kier molecular flexibility index (Phi) is 5.28. The molecule has 0 heterocycles. The molecule has 0 atom stereocenters. The number of methoxy groups -OCH3 is 1. The van der Waals surface area contributed by atoms with Gasteiger partial charge in [-0.25, -0.2) is 21.6 Å². The van der Waals surface area contributed by atoms with Gasteiger partial charge in [0.05, 0.1) is 22.6 Å². The molecule has 28 heavy (non-hydrogen) atoms. The number of nitrogens with one attached hydrogen (secondary N) is 2. The minimum Gasteiger partial charge on any atom is -0.495 e. The first kappa shape index (κ1) is 20.0. The number of nitro groups is 1. The average molecular weight is 427 g/mol. The van der Waals surface area contributed by atoms with Gasteiger partial charge in [0.1, 0.15) is 10.6 Å². The summed E-state index contributed by atoms with van der Waals surface area (Å²) in [6, 6.07) is 8.35. The molecule has 1 fully saturated rings. The highest BCUT2D eigenvalue weighted by molar-refractivity contribution is 7.92.